The molecule has 1 saturated heterocycles. The number of carbonyl (C=O) groups is 3. The summed E-state index contributed by atoms with van der Waals surface area (Å²) in [6.07, 6.45) is 3.00. The molecule has 2 amide bonds. The number of esters is 1. The van der Waals surface area contributed by atoms with Gasteiger partial charge in [-0.2, -0.15) is 0 Å². The van der Waals surface area contributed by atoms with Crippen molar-refractivity contribution < 1.29 is 19.1 Å². The van der Waals surface area contributed by atoms with Gasteiger partial charge in [0, 0.05) is 24.5 Å². The molecule has 2 heterocycles. The van der Waals surface area contributed by atoms with E-state index in [-0.39, 0.29) is 18.0 Å². The second-order valence-electron chi connectivity index (χ2n) is 7.94. The molecule has 0 atom stereocenters. The smallest absolute Gasteiger partial charge is 0.339 e. The average molecular weight is 447 g/mol. The molecule has 170 valence electrons. The zero-order chi connectivity index (χ0) is 23.4. The van der Waals surface area contributed by atoms with Crippen LogP contribution in [0.5, 0.6) is 0 Å². The van der Waals surface area contributed by atoms with Gasteiger partial charge in [-0.1, -0.05) is 30.3 Å². The highest BCUT2D eigenvalue weighted by Gasteiger charge is 2.22. The molecule has 2 aromatic carbocycles. The zero-order valence-electron chi connectivity index (χ0n) is 18.4. The van der Waals surface area contributed by atoms with Gasteiger partial charge in [0.25, 0.3) is 11.5 Å². The Labute approximate surface area is 190 Å². The predicted octanol–water partition coefficient (Wildman–Crippen LogP) is 3.05. The van der Waals surface area contributed by atoms with Crippen LogP contribution < -0.4 is 10.9 Å². The first-order valence-corrected chi connectivity index (χ1v) is 10.9. The summed E-state index contributed by atoms with van der Waals surface area (Å²) >= 11 is 0. The van der Waals surface area contributed by atoms with Crippen molar-refractivity contribution in [2.75, 3.05) is 25.5 Å². The third-order valence-corrected chi connectivity index (χ3v) is 5.80. The molecule has 1 N–H and O–H groups in total. The van der Waals surface area contributed by atoms with E-state index in [2.05, 4.69) is 5.32 Å². The minimum Gasteiger partial charge on any atom is -0.465 e. The van der Waals surface area contributed by atoms with Crippen molar-refractivity contribution in [2.45, 2.75) is 25.8 Å². The van der Waals surface area contributed by atoms with Crippen molar-refractivity contribution in [1.29, 1.82) is 0 Å². The fourth-order valence-corrected chi connectivity index (χ4v) is 4.16. The standard InChI is InChI=1S/C25H25N3O5/c1-33-25(32)18-10-3-5-11-20(18)26-22(29)16-28-21-12-6-4-9-17(21)19(15-23(28)30)24(31)27-13-7-2-8-14-27/h3-6,9-12,15H,2,7-8,13-14,16H2,1H3,(H,26,29). The van der Waals surface area contributed by atoms with Crippen LogP contribution in [0.15, 0.2) is 59.4 Å². The van der Waals surface area contributed by atoms with Gasteiger partial charge in [0.15, 0.2) is 0 Å². The Morgan fingerprint density at radius 1 is 0.939 bits per heavy atom. The summed E-state index contributed by atoms with van der Waals surface area (Å²) in [5.74, 6) is -1.21. The number of aromatic nitrogens is 1. The van der Waals surface area contributed by atoms with E-state index in [1.54, 1.807) is 53.4 Å². The Bertz CT molecular complexity index is 1270. The molecule has 0 radical (unpaired) electrons. The third kappa shape index (κ3) is 4.64. The second kappa shape index (κ2) is 9.68. The topological polar surface area (TPSA) is 97.7 Å². The highest BCUT2D eigenvalue weighted by atomic mass is 16.5. The molecule has 8 heteroatoms. The largest absolute Gasteiger partial charge is 0.465 e. The molecular weight excluding hydrogens is 422 g/mol. The van der Waals surface area contributed by atoms with Gasteiger partial charge in [-0.25, -0.2) is 4.79 Å². The lowest BCUT2D eigenvalue weighted by Crippen LogP contribution is -2.37. The molecule has 1 aliphatic heterocycles. The monoisotopic (exact) mass is 447 g/mol. The molecule has 0 spiro atoms. The fourth-order valence-electron chi connectivity index (χ4n) is 4.16. The SMILES string of the molecule is COC(=O)c1ccccc1NC(=O)Cn1c(=O)cc(C(=O)N2CCCCC2)c2ccccc21. The summed E-state index contributed by atoms with van der Waals surface area (Å²) in [6, 6.07) is 14.9. The highest BCUT2D eigenvalue weighted by Crippen LogP contribution is 2.21. The van der Waals surface area contributed by atoms with Gasteiger partial charge in [-0.3, -0.25) is 19.0 Å². The molecule has 0 unspecified atom stereocenters. The Morgan fingerprint density at radius 2 is 1.64 bits per heavy atom. The van der Waals surface area contributed by atoms with E-state index in [1.165, 1.54) is 17.7 Å². The zero-order valence-corrected chi connectivity index (χ0v) is 18.4. The number of hydrogen-bond donors (Lipinski definition) is 1. The first kappa shape index (κ1) is 22.3. The van der Waals surface area contributed by atoms with Crippen molar-refractivity contribution in [3.8, 4) is 0 Å². The number of anilines is 1. The maximum atomic E-state index is 13.1. The molecular formula is C25H25N3O5. The van der Waals surface area contributed by atoms with Crippen molar-refractivity contribution in [3.05, 3.63) is 76.1 Å². The van der Waals surface area contributed by atoms with Crippen LogP contribution in [0.2, 0.25) is 0 Å². The van der Waals surface area contributed by atoms with Gasteiger partial charge in [-0.15, -0.1) is 0 Å². The number of rotatable bonds is 5. The number of likely N-dealkylation sites (tertiary alicyclic amines) is 1. The summed E-state index contributed by atoms with van der Waals surface area (Å²) in [6.45, 7) is 1.09. The van der Waals surface area contributed by atoms with Crippen LogP contribution in [-0.2, 0) is 16.1 Å². The molecule has 1 aliphatic rings. The minimum absolute atomic E-state index is 0.161. The number of fused-ring (bicyclic) bond motifs is 1. The Morgan fingerprint density at radius 3 is 2.39 bits per heavy atom. The number of nitrogens with one attached hydrogen (secondary N) is 1. The number of benzene rings is 2. The fraction of sp³-hybridized carbons (Fsp3) is 0.280. The Hall–Kier alpha value is -3.94. The van der Waals surface area contributed by atoms with Crippen molar-refractivity contribution in [1.82, 2.24) is 9.47 Å². The lowest BCUT2D eigenvalue weighted by atomic mass is 10.0. The van der Waals surface area contributed by atoms with Gasteiger partial charge in [0.2, 0.25) is 5.91 Å². The average Bonchev–Trinajstić information content (AvgIpc) is 2.85. The van der Waals surface area contributed by atoms with E-state index in [4.69, 9.17) is 4.74 Å². The van der Waals surface area contributed by atoms with Crippen LogP contribution in [0.1, 0.15) is 40.0 Å². The van der Waals surface area contributed by atoms with Crippen LogP contribution in [0.4, 0.5) is 5.69 Å². The number of hydrogen-bond acceptors (Lipinski definition) is 5. The summed E-state index contributed by atoms with van der Waals surface area (Å²) in [5.41, 5.74) is 0.925. The van der Waals surface area contributed by atoms with Gasteiger partial charge < -0.3 is 15.0 Å². The predicted molar refractivity (Wildman–Crippen MR) is 124 cm³/mol. The van der Waals surface area contributed by atoms with Crippen LogP contribution >= 0.6 is 0 Å². The molecule has 0 bridgehead atoms. The van der Waals surface area contributed by atoms with E-state index < -0.39 is 17.4 Å². The Balaban J connectivity index is 1.65. The van der Waals surface area contributed by atoms with E-state index in [0.29, 0.717) is 35.2 Å². The summed E-state index contributed by atoms with van der Waals surface area (Å²) in [4.78, 5) is 52.7. The quantitative estimate of drug-likeness (QED) is 0.607. The summed E-state index contributed by atoms with van der Waals surface area (Å²) < 4.78 is 6.09. The molecule has 1 aromatic heterocycles. The van der Waals surface area contributed by atoms with Crippen LogP contribution in [0.3, 0.4) is 0 Å². The maximum absolute atomic E-state index is 13.1. The lowest BCUT2D eigenvalue weighted by molar-refractivity contribution is -0.116. The number of pyridine rings is 1. The van der Waals surface area contributed by atoms with E-state index in [9.17, 15) is 19.2 Å². The third-order valence-electron chi connectivity index (χ3n) is 5.80. The molecule has 33 heavy (non-hydrogen) atoms. The van der Waals surface area contributed by atoms with E-state index >= 15 is 0 Å². The number of carbonyl (C=O) groups excluding carboxylic acids is 3. The van der Waals surface area contributed by atoms with Gasteiger partial charge in [0.05, 0.1) is 29.4 Å². The van der Waals surface area contributed by atoms with Crippen molar-refractivity contribution in [3.63, 3.8) is 0 Å². The van der Waals surface area contributed by atoms with Crippen LogP contribution in [0.25, 0.3) is 10.9 Å². The van der Waals surface area contributed by atoms with Crippen LogP contribution in [-0.4, -0.2) is 47.4 Å². The first-order chi connectivity index (χ1) is 16.0. The summed E-state index contributed by atoms with van der Waals surface area (Å²) in [7, 11) is 1.26. The number of nitrogens with zero attached hydrogens (tertiary/aromatic N) is 2. The number of piperidine rings is 1. The van der Waals surface area contributed by atoms with Gasteiger partial charge in [-0.05, 0) is 37.5 Å². The first-order valence-electron chi connectivity index (χ1n) is 10.9. The number of methoxy groups -OCH3 is 1. The number of ether oxygens (including phenoxy) is 1. The Kier molecular flexibility index (Phi) is 6.53. The molecule has 8 nitrogen and oxygen atoms in total. The molecule has 4 rings (SSSR count). The molecule has 0 saturated carbocycles. The molecule has 1 fully saturated rings. The van der Waals surface area contributed by atoms with Gasteiger partial charge in [0.1, 0.15) is 6.54 Å². The van der Waals surface area contributed by atoms with Gasteiger partial charge >= 0.3 is 5.97 Å². The minimum atomic E-state index is -0.575. The second-order valence-corrected chi connectivity index (χ2v) is 7.94. The van der Waals surface area contributed by atoms with Crippen molar-refractivity contribution >= 4 is 34.4 Å². The molecule has 3 aromatic rings. The number of amides is 2. The van der Waals surface area contributed by atoms with Crippen LogP contribution in [0, 0.1) is 0 Å². The van der Waals surface area contributed by atoms with E-state index in [0.717, 1.165) is 19.3 Å². The summed E-state index contributed by atoms with van der Waals surface area (Å²) in [5, 5.41) is 3.30. The van der Waals surface area contributed by atoms with Crippen molar-refractivity contribution in [2.24, 2.45) is 0 Å². The normalized spacial score (nSPS) is 13.5. The lowest BCUT2D eigenvalue weighted by Gasteiger charge is -2.27. The highest BCUT2D eigenvalue weighted by molar-refractivity contribution is 6.06. The maximum Gasteiger partial charge on any atom is 0.339 e. The molecule has 0 aliphatic carbocycles. The van der Waals surface area contributed by atoms with E-state index in [1.807, 2.05) is 0 Å². The number of para-hydroxylation sites is 2.